The van der Waals surface area contributed by atoms with Crippen LogP contribution in [0.5, 0.6) is 0 Å². The van der Waals surface area contributed by atoms with Gasteiger partial charge in [0.15, 0.2) is 12.2 Å². The molecule has 4 rings (SSSR count). The number of anilines is 2. The van der Waals surface area contributed by atoms with E-state index in [1.807, 2.05) is 30.5 Å². The number of hydrogen-bond donors (Lipinski definition) is 5. The standard InChI is InChI=1S/C21H21N5O4/c22-19(23)13-1-4-14(5-2-13)25-20(28)17(27)18-21(29)26(9-10-30-18)15-6-3-12-7-8-24-16(12)11-15/h1-8,11,17-18,24,27H,9-10H2,(H3,22,23)(H,25,28)/t17-,18?/m1/s1. The zero-order chi connectivity index (χ0) is 21.3. The molecule has 1 aromatic heterocycles. The van der Waals surface area contributed by atoms with Crippen LogP contribution in [0.2, 0.25) is 0 Å². The molecule has 1 aliphatic heterocycles. The number of rotatable bonds is 5. The van der Waals surface area contributed by atoms with Gasteiger partial charge in [-0.15, -0.1) is 0 Å². The number of benzene rings is 2. The van der Waals surface area contributed by atoms with E-state index >= 15 is 0 Å². The Morgan fingerprint density at radius 3 is 2.77 bits per heavy atom. The lowest BCUT2D eigenvalue weighted by Gasteiger charge is -2.34. The van der Waals surface area contributed by atoms with Crippen LogP contribution in [0.25, 0.3) is 10.9 Å². The predicted molar refractivity (Wildman–Crippen MR) is 112 cm³/mol. The predicted octanol–water partition coefficient (Wildman–Crippen LogP) is 1.18. The first-order chi connectivity index (χ1) is 14.4. The minimum absolute atomic E-state index is 0.0910. The van der Waals surface area contributed by atoms with Crippen molar-refractivity contribution in [3.8, 4) is 0 Å². The molecule has 154 valence electrons. The monoisotopic (exact) mass is 407 g/mol. The first kappa shape index (κ1) is 19.6. The number of H-pyrrole nitrogens is 1. The second-order valence-corrected chi connectivity index (χ2v) is 6.96. The second-order valence-electron chi connectivity index (χ2n) is 6.96. The summed E-state index contributed by atoms with van der Waals surface area (Å²) in [6.07, 6.45) is -1.17. The van der Waals surface area contributed by atoms with E-state index in [1.165, 1.54) is 4.90 Å². The van der Waals surface area contributed by atoms with Crippen molar-refractivity contribution in [2.75, 3.05) is 23.4 Å². The van der Waals surface area contributed by atoms with Gasteiger partial charge >= 0.3 is 0 Å². The summed E-state index contributed by atoms with van der Waals surface area (Å²) in [7, 11) is 0. The van der Waals surface area contributed by atoms with Gasteiger partial charge in [-0.05, 0) is 47.9 Å². The van der Waals surface area contributed by atoms with Crippen molar-refractivity contribution >= 4 is 39.9 Å². The lowest BCUT2D eigenvalue weighted by molar-refractivity contribution is -0.150. The number of carbonyl (C=O) groups excluding carboxylic acids is 2. The van der Waals surface area contributed by atoms with Crippen LogP contribution in [0.15, 0.2) is 54.7 Å². The first-order valence-electron chi connectivity index (χ1n) is 9.37. The highest BCUT2D eigenvalue weighted by molar-refractivity contribution is 6.04. The summed E-state index contributed by atoms with van der Waals surface area (Å²) >= 11 is 0. The number of aromatic amines is 1. The number of ether oxygens (including phenoxy) is 1. The maximum Gasteiger partial charge on any atom is 0.259 e. The van der Waals surface area contributed by atoms with E-state index in [0.29, 0.717) is 23.5 Å². The zero-order valence-electron chi connectivity index (χ0n) is 16.0. The van der Waals surface area contributed by atoms with Crippen LogP contribution in [0.1, 0.15) is 5.56 Å². The summed E-state index contributed by atoms with van der Waals surface area (Å²) in [5.74, 6) is -1.33. The molecule has 9 heteroatoms. The van der Waals surface area contributed by atoms with Crippen LogP contribution < -0.4 is 16.0 Å². The third-order valence-electron chi connectivity index (χ3n) is 4.99. The molecule has 0 bridgehead atoms. The fourth-order valence-corrected chi connectivity index (χ4v) is 3.38. The molecule has 1 aliphatic rings. The van der Waals surface area contributed by atoms with Crippen molar-refractivity contribution in [3.05, 3.63) is 60.3 Å². The van der Waals surface area contributed by atoms with Crippen LogP contribution >= 0.6 is 0 Å². The number of amides is 2. The molecule has 0 radical (unpaired) electrons. The topological polar surface area (TPSA) is 145 Å². The van der Waals surface area contributed by atoms with Crippen molar-refractivity contribution in [2.24, 2.45) is 5.73 Å². The van der Waals surface area contributed by atoms with Gasteiger partial charge in [0.05, 0.1) is 6.61 Å². The molecular formula is C21H21N5O4. The Balaban J connectivity index is 1.47. The van der Waals surface area contributed by atoms with E-state index in [2.05, 4.69) is 10.3 Å². The summed E-state index contributed by atoms with van der Waals surface area (Å²) in [4.78, 5) is 30.0. The van der Waals surface area contributed by atoms with Crippen LogP contribution in [0, 0.1) is 5.41 Å². The average Bonchev–Trinajstić information content (AvgIpc) is 3.21. The van der Waals surface area contributed by atoms with Crippen molar-refractivity contribution < 1.29 is 19.4 Å². The van der Waals surface area contributed by atoms with Crippen molar-refractivity contribution in [3.63, 3.8) is 0 Å². The zero-order valence-corrected chi connectivity index (χ0v) is 16.0. The smallest absolute Gasteiger partial charge is 0.259 e. The number of fused-ring (bicyclic) bond motifs is 1. The molecule has 3 aromatic rings. The third-order valence-corrected chi connectivity index (χ3v) is 4.99. The minimum atomic E-state index is -1.68. The van der Waals surface area contributed by atoms with E-state index in [0.717, 1.165) is 10.9 Å². The van der Waals surface area contributed by atoms with Crippen LogP contribution in [0.4, 0.5) is 11.4 Å². The Morgan fingerprint density at radius 1 is 1.27 bits per heavy atom. The van der Waals surface area contributed by atoms with E-state index in [-0.39, 0.29) is 12.4 Å². The third kappa shape index (κ3) is 3.76. The van der Waals surface area contributed by atoms with Crippen molar-refractivity contribution in [1.82, 2.24) is 4.98 Å². The molecule has 1 unspecified atom stereocenters. The molecular weight excluding hydrogens is 386 g/mol. The van der Waals surface area contributed by atoms with E-state index in [9.17, 15) is 14.7 Å². The molecule has 2 amide bonds. The molecule has 0 spiro atoms. The lowest BCUT2D eigenvalue weighted by Crippen LogP contribution is -2.55. The van der Waals surface area contributed by atoms with Gasteiger partial charge in [-0.3, -0.25) is 15.0 Å². The Bertz CT molecular complexity index is 1110. The highest BCUT2D eigenvalue weighted by Crippen LogP contribution is 2.25. The van der Waals surface area contributed by atoms with Gasteiger partial charge < -0.3 is 30.8 Å². The number of nitrogens with two attached hydrogens (primary N) is 1. The quantitative estimate of drug-likeness (QED) is 0.319. The molecule has 6 N–H and O–H groups in total. The number of nitrogen functional groups attached to an aromatic ring is 1. The number of aliphatic hydroxyl groups is 1. The number of nitrogens with one attached hydrogen (secondary N) is 3. The van der Waals surface area contributed by atoms with Crippen LogP contribution in [-0.2, 0) is 14.3 Å². The normalized spacial score (nSPS) is 17.7. The Labute approximate surface area is 171 Å². The molecule has 2 atom stereocenters. The first-order valence-corrected chi connectivity index (χ1v) is 9.37. The molecule has 30 heavy (non-hydrogen) atoms. The van der Waals surface area contributed by atoms with Crippen LogP contribution in [0.3, 0.4) is 0 Å². The summed E-state index contributed by atoms with van der Waals surface area (Å²) in [6, 6.07) is 13.8. The Kier molecular flexibility index (Phi) is 5.21. The Morgan fingerprint density at radius 2 is 2.03 bits per heavy atom. The number of aliphatic hydroxyl groups excluding tert-OH is 1. The number of morpholine rings is 1. The molecule has 2 heterocycles. The maximum atomic E-state index is 12.9. The molecule has 0 saturated carbocycles. The highest BCUT2D eigenvalue weighted by atomic mass is 16.5. The van der Waals surface area contributed by atoms with E-state index in [1.54, 1.807) is 24.3 Å². The lowest BCUT2D eigenvalue weighted by atomic mass is 10.1. The summed E-state index contributed by atoms with van der Waals surface area (Å²) in [5, 5.41) is 21.4. The van der Waals surface area contributed by atoms with Gasteiger partial charge in [0.1, 0.15) is 5.84 Å². The van der Waals surface area contributed by atoms with Gasteiger partial charge in [-0.1, -0.05) is 6.07 Å². The SMILES string of the molecule is N=C(N)c1ccc(NC(=O)[C@H](O)C2OCCN(c3ccc4cc[nH]c4c3)C2=O)cc1. The number of carbonyl (C=O) groups is 2. The van der Waals surface area contributed by atoms with Gasteiger partial charge in [-0.2, -0.15) is 0 Å². The van der Waals surface area contributed by atoms with Crippen LogP contribution in [-0.4, -0.2) is 53.1 Å². The summed E-state index contributed by atoms with van der Waals surface area (Å²) in [5.41, 5.74) is 7.87. The Hall–Kier alpha value is -3.69. The number of aromatic nitrogens is 1. The largest absolute Gasteiger partial charge is 0.384 e. The van der Waals surface area contributed by atoms with Gasteiger partial charge in [0.2, 0.25) is 0 Å². The van der Waals surface area contributed by atoms with Gasteiger partial charge in [0.25, 0.3) is 11.8 Å². The van der Waals surface area contributed by atoms with Crippen molar-refractivity contribution in [1.29, 1.82) is 5.41 Å². The van der Waals surface area contributed by atoms with Gasteiger partial charge in [-0.25, -0.2) is 0 Å². The minimum Gasteiger partial charge on any atom is -0.384 e. The summed E-state index contributed by atoms with van der Waals surface area (Å²) < 4.78 is 5.43. The molecule has 9 nitrogen and oxygen atoms in total. The second kappa shape index (κ2) is 7.97. The molecule has 0 aliphatic carbocycles. The number of amidine groups is 1. The van der Waals surface area contributed by atoms with E-state index in [4.69, 9.17) is 15.9 Å². The molecule has 1 saturated heterocycles. The molecule has 1 fully saturated rings. The number of nitrogens with zero attached hydrogens (tertiary/aromatic N) is 1. The molecule has 2 aromatic carbocycles. The summed E-state index contributed by atoms with van der Waals surface area (Å²) in [6.45, 7) is 0.513. The average molecular weight is 407 g/mol. The van der Waals surface area contributed by atoms with Crippen molar-refractivity contribution in [2.45, 2.75) is 12.2 Å². The fourth-order valence-electron chi connectivity index (χ4n) is 3.38. The fraction of sp³-hybridized carbons (Fsp3) is 0.190. The maximum absolute atomic E-state index is 12.9. The van der Waals surface area contributed by atoms with Gasteiger partial charge in [0, 0.05) is 35.2 Å². The number of hydrogen-bond acceptors (Lipinski definition) is 5. The van der Waals surface area contributed by atoms with E-state index < -0.39 is 24.0 Å². The highest BCUT2D eigenvalue weighted by Gasteiger charge is 2.39.